The Balaban J connectivity index is 2.01. The highest BCUT2D eigenvalue weighted by Gasteiger charge is 2.08. The summed E-state index contributed by atoms with van der Waals surface area (Å²) in [4.78, 5) is 0. The van der Waals surface area contributed by atoms with E-state index < -0.39 is 0 Å². The lowest BCUT2D eigenvalue weighted by Crippen LogP contribution is -1.95. The summed E-state index contributed by atoms with van der Waals surface area (Å²) in [5.74, 6) is 0. The van der Waals surface area contributed by atoms with E-state index in [9.17, 15) is 0 Å². The second-order valence-corrected chi connectivity index (χ2v) is 4.96. The van der Waals surface area contributed by atoms with Crippen LogP contribution in [0.2, 0.25) is 0 Å². The standard InChI is InChI=1S/C16H16N4/c1-11-3-4-12(2)15(9-11)16-10-20(19-18-16)14-7-5-13(17)6-8-14/h3-10H,17H2,1-2H3. The molecule has 4 heteroatoms. The zero-order valence-corrected chi connectivity index (χ0v) is 11.5. The van der Waals surface area contributed by atoms with Crippen LogP contribution in [0.1, 0.15) is 11.1 Å². The number of aryl methyl sites for hydroxylation is 2. The molecule has 0 radical (unpaired) electrons. The van der Waals surface area contributed by atoms with Gasteiger partial charge in [-0.3, -0.25) is 0 Å². The van der Waals surface area contributed by atoms with Gasteiger partial charge in [0, 0.05) is 11.3 Å². The lowest BCUT2D eigenvalue weighted by Gasteiger charge is -2.03. The SMILES string of the molecule is Cc1ccc(C)c(-c2cn(-c3ccc(N)cc3)nn2)c1. The molecule has 0 atom stereocenters. The molecule has 0 fully saturated rings. The third-order valence-corrected chi connectivity index (χ3v) is 3.32. The van der Waals surface area contributed by atoms with Gasteiger partial charge in [-0.1, -0.05) is 22.9 Å². The summed E-state index contributed by atoms with van der Waals surface area (Å²) in [7, 11) is 0. The van der Waals surface area contributed by atoms with Gasteiger partial charge in [0.2, 0.25) is 0 Å². The first kappa shape index (κ1) is 12.4. The second kappa shape index (κ2) is 4.81. The lowest BCUT2D eigenvalue weighted by molar-refractivity contribution is 0.804. The largest absolute Gasteiger partial charge is 0.399 e. The normalized spacial score (nSPS) is 10.7. The van der Waals surface area contributed by atoms with Crippen LogP contribution in [0.25, 0.3) is 16.9 Å². The Kier molecular flexibility index (Phi) is 2.99. The van der Waals surface area contributed by atoms with Crippen LogP contribution in [0.3, 0.4) is 0 Å². The van der Waals surface area contributed by atoms with Gasteiger partial charge in [-0.15, -0.1) is 5.10 Å². The van der Waals surface area contributed by atoms with Crippen LogP contribution >= 0.6 is 0 Å². The van der Waals surface area contributed by atoms with E-state index in [2.05, 4.69) is 42.4 Å². The number of nitrogens with two attached hydrogens (primary N) is 1. The van der Waals surface area contributed by atoms with Crippen LogP contribution in [0.15, 0.2) is 48.7 Å². The third-order valence-electron chi connectivity index (χ3n) is 3.32. The van der Waals surface area contributed by atoms with Gasteiger partial charge in [0.25, 0.3) is 0 Å². The van der Waals surface area contributed by atoms with Crippen molar-refractivity contribution in [2.75, 3.05) is 5.73 Å². The predicted molar refractivity (Wildman–Crippen MR) is 80.7 cm³/mol. The van der Waals surface area contributed by atoms with Crippen molar-refractivity contribution in [2.24, 2.45) is 0 Å². The number of anilines is 1. The quantitative estimate of drug-likeness (QED) is 0.723. The van der Waals surface area contributed by atoms with E-state index in [0.29, 0.717) is 0 Å². The van der Waals surface area contributed by atoms with Crippen molar-refractivity contribution in [3.8, 4) is 16.9 Å². The maximum absolute atomic E-state index is 5.69. The van der Waals surface area contributed by atoms with Crippen molar-refractivity contribution in [2.45, 2.75) is 13.8 Å². The van der Waals surface area contributed by atoms with Gasteiger partial charge in [0.05, 0.1) is 11.9 Å². The zero-order chi connectivity index (χ0) is 14.1. The molecule has 2 aromatic carbocycles. The topological polar surface area (TPSA) is 56.7 Å². The Morgan fingerprint density at radius 3 is 2.50 bits per heavy atom. The highest BCUT2D eigenvalue weighted by atomic mass is 15.4. The Bertz CT molecular complexity index is 741. The van der Waals surface area contributed by atoms with Gasteiger partial charge >= 0.3 is 0 Å². The van der Waals surface area contributed by atoms with E-state index in [4.69, 9.17) is 5.73 Å². The summed E-state index contributed by atoms with van der Waals surface area (Å²) in [6.07, 6.45) is 1.94. The van der Waals surface area contributed by atoms with Crippen LogP contribution in [-0.2, 0) is 0 Å². The van der Waals surface area contributed by atoms with Gasteiger partial charge in [0.15, 0.2) is 0 Å². The van der Waals surface area contributed by atoms with Gasteiger partial charge in [-0.2, -0.15) is 0 Å². The van der Waals surface area contributed by atoms with E-state index in [1.54, 1.807) is 4.68 Å². The van der Waals surface area contributed by atoms with Gasteiger partial charge < -0.3 is 5.73 Å². The Hall–Kier alpha value is -2.62. The average molecular weight is 264 g/mol. The predicted octanol–water partition coefficient (Wildman–Crippen LogP) is 3.13. The molecule has 1 aromatic heterocycles. The molecule has 1 heterocycles. The molecular weight excluding hydrogens is 248 g/mol. The van der Waals surface area contributed by atoms with Crippen molar-refractivity contribution in [3.05, 3.63) is 59.8 Å². The highest BCUT2D eigenvalue weighted by Crippen LogP contribution is 2.23. The average Bonchev–Trinajstić information content (AvgIpc) is 2.92. The minimum absolute atomic E-state index is 0.739. The Morgan fingerprint density at radius 1 is 1.00 bits per heavy atom. The van der Waals surface area contributed by atoms with E-state index in [1.807, 2.05) is 30.5 Å². The molecule has 100 valence electrons. The molecular formula is C16H16N4. The molecule has 0 amide bonds. The molecule has 0 saturated heterocycles. The summed E-state index contributed by atoms with van der Waals surface area (Å²) in [6.45, 7) is 4.16. The van der Waals surface area contributed by atoms with Crippen molar-refractivity contribution in [1.82, 2.24) is 15.0 Å². The second-order valence-electron chi connectivity index (χ2n) is 4.96. The molecule has 0 bridgehead atoms. The number of nitrogen functional groups attached to an aromatic ring is 1. The Labute approximate surface area is 117 Å². The molecule has 0 saturated carbocycles. The van der Waals surface area contributed by atoms with E-state index in [1.165, 1.54) is 11.1 Å². The van der Waals surface area contributed by atoms with Crippen LogP contribution in [0.5, 0.6) is 0 Å². The molecule has 0 unspecified atom stereocenters. The molecule has 0 aliphatic heterocycles. The van der Waals surface area contributed by atoms with E-state index in [0.717, 1.165) is 22.6 Å². The highest BCUT2D eigenvalue weighted by molar-refractivity contribution is 5.63. The van der Waals surface area contributed by atoms with Gasteiger partial charge in [0.1, 0.15) is 5.69 Å². The number of rotatable bonds is 2. The summed E-state index contributed by atoms with van der Waals surface area (Å²) < 4.78 is 1.76. The van der Waals surface area contributed by atoms with Crippen LogP contribution < -0.4 is 5.73 Å². The van der Waals surface area contributed by atoms with E-state index in [-0.39, 0.29) is 0 Å². The summed E-state index contributed by atoms with van der Waals surface area (Å²) in [6, 6.07) is 13.9. The molecule has 0 aliphatic rings. The smallest absolute Gasteiger partial charge is 0.113 e. The van der Waals surface area contributed by atoms with Crippen molar-refractivity contribution in [1.29, 1.82) is 0 Å². The van der Waals surface area contributed by atoms with Crippen LogP contribution in [0.4, 0.5) is 5.69 Å². The molecule has 3 rings (SSSR count). The first-order valence-corrected chi connectivity index (χ1v) is 6.49. The molecule has 3 aromatic rings. The number of aromatic nitrogens is 3. The number of hydrogen-bond acceptors (Lipinski definition) is 3. The number of hydrogen-bond donors (Lipinski definition) is 1. The first-order chi connectivity index (χ1) is 9.63. The fraction of sp³-hybridized carbons (Fsp3) is 0.125. The summed E-state index contributed by atoms with van der Waals surface area (Å²) in [5, 5.41) is 8.46. The van der Waals surface area contributed by atoms with Crippen molar-refractivity contribution < 1.29 is 0 Å². The van der Waals surface area contributed by atoms with Crippen LogP contribution in [-0.4, -0.2) is 15.0 Å². The number of benzene rings is 2. The fourth-order valence-corrected chi connectivity index (χ4v) is 2.15. The molecule has 0 spiro atoms. The van der Waals surface area contributed by atoms with Crippen molar-refractivity contribution >= 4 is 5.69 Å². The summed E-state index contributed by atoms with van der Waals surface area (Å²) in [5.41, 5.74) is 11.8. The first-order valence-electron chi connectivity index (χ1n) is 6.49. The maximum Gasteiger partial charge on any atom is 0.113 e. The molecule has 0 aliphatic carbocycles. The third kappa shape index (κ3) is 2.28. The fourth-order valence-electron chi connectivity index (χ4n) is 2.15. The lowest BCUT2D eigenvalue weighted by atomic mass is 10.0. The van der Waals surface area contributed by atoms with Gasteiger partial charge in [-0.05, 0) is 49.7 Å². The maximum atomic E-state index is 5.69. The Morgan fingerprint density at radius 2 is 1.75 bits per heavy atom. The van der Waals surface area contributed by atoms with Gasteiger partial charge in [-0.25, -0.2) is 4.68 Å². The molecule has 20 heavy (non-hydrogen) atoms. The minimum atomic E-state index is 0.739. The van der Waals surface area contributed by atoms with E-state index >= 15 is 0 Å². The zero-order valence-electron chi connectivity index (χ0n) is 11.5. The number of nitrogens with zero attached hydrogens (tertiary/aromatic N) is 3. The van der Waals surface area contributed by atoms with Crippen molar-refractivity contribution in [3.63, 3.8) is 0 Å². The monoisotopic (exact) mass is 264 g/mol. The summed E-state index contributed by atoms with van der Waals surface area (Å²) >= 11 is 0. The van der Waals surface area contributed by atoms with Crippen LogP contribution in [0, 0.1) is 13.8 Å². The molecule has 2 N–H and O–H groups in total. The molecule has 4 nitrogen and oxygen atoms in total. The minimum Gasteiger partial charge on any atom is -0.399 e.